The van der Waals surface area contributed by atoms with E-state index in [0.717, 1.165) is 0 Å². The third kappa shape index (κ3) is 22.0. The number of rotatable bonds is 36. The Hall–Kier alpha value is 29.9. The van der Waals surface area contributed by atoms with Crippen LogP contribution in [0.25, 0.3) is 0 Å². The lowest BCUT2D eigenvalue weighted by molar-refractivity contribution is 4.96. The number of hydrogen-bond donors (Lipinski definition) is 1. The molecular formula is HIS110. The lowest BCUT2D eigenvalue weighted by Crippen LogP contribution is -2.41. The van der Waals surface area contributed by atoms with Gasteiger partial charge in [-0.2, -0.15) is 0 Å². The van der Waals surface area contributed by atoms with Crippen LogP contribution in [0.2, 0.25) is 0 Å². The molecule has 0 aliphatic carbocycles. The molecule has 0 aromatic rings. The molecule has 0 saturated carbocycles. The Morgan fingerprint density at radius 1 is 0.108 bits per heavy atom. The molecule has 0 radical (unpaired) electrons. The number of thiol groups is 1. The van der Waals surface area contributed by atoms with E-state index in [-0.39, 0.29) is 0 Å². The molecule has 0 aliphatic heterocycles. The van der Waals surface area contributed by atoms with Crippen molar-refractivity contribution in [2.75, 3.05) is 0 Å². The Morgan fingerprint density at radius 2 is 0.162 bits per heavy atom. The largest absolute Gasteiger partial charge is 0.0983 e. The SMILES string of the molecule is S=S(=S)(I)S(=S)(=S)S(=S)(=S)S(=S)(=S)S(=S)(=S)S(=S)(=S)S(=S)(=S)S(=S)(=S)S(=S)(=S)S(=S)(=S)S(=S)(=S)S(=S)(=S)S(=S)(=S)S(=S)(=S)S(=S)(=S)S(=S)(=S)S(=S)(=S)S(=S)(=S)S(=S)(=S)S(=S)(=S)S(=S)(=S)S(=S)(=S)S(=S)(=S)S(=S)(=S)S(=S)(=S)S(=S)(=S)S(=S)(=S)S(=S)(=S)S(=S)(=S)S(=S)(=S)S(=S)(=S)S(=S)(=S)S(=S)(=S)S(=S)(=S)S(=S)(=S)S(=S)(=S)SS. The second kappa shape index (κ2) is 44.3. The molecule has 0 rings (SSSR count). The van der Waals surface area contributed by atoms with E-state index in [2.05, 4.69) is 11.7 Å². The first-order chi connectivity index (χ1) is 46.3. The average Bonchev–Trinajstić information content (AvgIpc) is 0.677. The third-order valence-corrected chi connectivity index (χ3v) is 723. The van der Waals surface area contributed by atoms with Crippen LogP contribution in [0.3, 0.4) is 0 Å². The number of hydrogen-bond acceptors (Lipinski definition) is 74. The van der Waals surface area contributed by atoms with Crippen LogP contribution in [0, 0.1) is 0 Å². The molecule has 0 fully saturated rings. The number of halogens is 1. The van der Waals surface area contributed by atoms with Gasteiger partial charge in [-0.1, -0.05) is 11.7 Å². The van der Waals surface area contributed by atoms with E-state index < -0.39 is 186 Å². The first-order valence-electron chi connectivity index (χ1n) is 18.3. The molecule has 0 N–H and O–H groups in total. The van der Waals surface area contributed by atoms with Crippen LogP contribution in [-0.2, 0) is 991 Å². The van der Waals surface area contributed by atoms with Crippen molar-refractivity contribution in [3.8, 4) is 0 Å². The summed E-state index contributed by atoms with van der Waals surface area (Å²) in [5.74, 6) is 0. The van der Waals surface area contributed by atoms with Crippen LogP contribution in [0.15, 0.2) is 0 Å². The van der Waals surface area contributed by atoms with Gasteiger partial charge in [0.2, 0.25) is 0 Å². The van der Waals surface area contributed by atoms with Gasteiger partial charge in [-0.25, -0.2) is 0 Å². The lowest BCUT2D eigenvalue weighted by Gasteiger charge is -2.37. The maximum absolute atomic E-state index is 6.26. The van der Waals surface area contributed by atoms with Gasteiger partial charge in [0.1, 0.15) is 0 Å². The minimum atomic E-state index is -4.26. The highest BCUT2D eigenvalue weighted by Crippen LogP contribution is 2.48. The summed E-state index contributed by atoms with van der Waals surface area (Å²) < 4.78 is -2.79. The van der Waals surface area contributed by atoms with Gasteiger partial charge >= 0.3 is 0 Å². The molecule has 0 heterocycles. The fraction of sp³-hybridized carbons (Fsp3) is 0. The molecule has 0 aromatic carbocycles. The second-order valence-corrected chi connectivity index (χ2v) is 405. The molecule has 0 nitrogen and oxygen atoms in total. The molecule has 0 spiro atoms. The molecule has 0 atom stereocenters. The summed E-state index contributed by atoms with van der Waals surface area (Å²) in [6, 6.07) is 0. The third-order valence-electron chi connectivity index (χ3n) is 8.84. The van der Waals surface area contributed by atoms with Gasteiger partial charge in [0.05, 0.1) is 0 Å². The van der Waals surface area contributed by atoms with Crippen molar-refractivity contribution in [2.45, 2.75) is 0 Å². The summed E-state index contributed by atoms with van der Waals surface area (Å²) in [4.78, 5) is 0. The Kier molecular flexibility index (Phi) is 56.2. The average molecular weight is 3660 g/mol. The maximum atomic E-state index is 6.26. The molecule has 0 unspecified atom stereocenters. The summed E-state index contributed by atoms with van der Waals surface area (Å²) in [7, 11) is 0.700. The van der Waals surface area contributed by atoms with Crippen LogP contribution in [-0.4, -0.2) is 0 Å². The highest BCUT2D eigenvalue weighted by molar-refractivity contribution is 14.2. The molecule has 668 valence electrons. The summed E-state index contributed by atoms with van der Waals surface area (Å²) >= 11 is 446. The minimum Gasteiger partial charge on any atom is -0.0983 e. The monoisotopic (exact) mass is 3640 g/mol. The molecule has 0 bridgehead atoms. The van der Waals surface area contributed by atoms with Crippen molar-refractivity contribution < 1.29 is 0 Å². The second-order valence-electron chi connectivity index (χ2n) is 14.8. The van der Waals surface area contributed by atoms with Crippen LogP contribution in [0.4, 0.5) is 0 Å². The first kappa shape index (κ1) is 141. The molecule has 0 amide bonds. The molecular weight excluding hydrogens is 3650 g/mol. The standard InChI is InChI=1S/HIS110/c1-76(3,4)78(7,8)80(11,12)82(15,16)84(19,20)86(23,24)88(27,28)90(31,32)92(35,36)94(39,40)96(43,44)98(47,48)100(51,52)102(55,56)104(59,60)106(63,64)108(67,68)110(71,72)111(73,74)109(69,70)107(65,66)105(61,62)103(57,58)101(53,54)99(49,50)97(45,46)95(41,42)93(37,38)91(33,34)89(29,30)87(25,26)85(21,22)83(17,18)81(13,14)79(9,10)77(5,6)75-2/h2H. The van der Waals surface area contributed by atoms with Gasteiger partial charge in [-0.05, 0) is 815 Å². The van der Waals surface area contributed by atoms with Crippen LogP contribution in [0.1, 0.15) is 0 Å². The lowest BCUT2D eigenvalue weighted by atomic mass is 29.7. The van der Waals surface area contributed by atoms with Crippen LogP contribution in [0.5, 0.6) is 0 Å². The van der Waals surface area contributed by atoms with Gasteiger partial charge < -0.3 is 0 Å². The highest BCUT2D eigenvalue weighted by atomic mass is 127. The van der Waals surface area contributed by atoms with Gasteiger partial charge in [0.25, 0.3) is 0 Å². The fourth-order valence-corrected chi connectivity index (χ4v) is 861. The molecule has 0 saturated heterocycles. The smallest absolute Gasteiger partial charge is 0.0451 e. The fourth-order valence-electron chi connectivity index (χ4n) is 3.50. The van der Waals surface area contributed by atoms with E-state index in [4.69, 9.17) is 806 Å². The van der Waals surface area contributed by atoms with E-state index in [9.17, 15) is 0 Å². The Balaban J connectivity index is 8.90. The zero-order valence-electron chi connectivity index (χ0n) is 45.3. The maximum Gasteiger partial charge on any atom is 0.0451 e. The zero-order valence-corrected chi connectivity index (χ0v) is 137. The van der Waals surface area contributed by atoms with Gasteiger partial charge in [0.15, 0.2) is 0 Å². The Morgan fingerprint density at radius 3 is 0.216 bits per heavy atom. The van der Waals surface area contributed by atoms with E-state index in [1.165, 1.54) is 0 Å². The van der Waals surface area contributed by atoms with E-state index in [0.29, 0.717) is 9.83 Å². The van der Waals surface area contributed by atoms with Crippen molar-refractivity contribution in [1.29, 1.82) is 0 Å². The van der Waals surface area contributed by atoms with Crippen molar-refractivity contribution in [3.05, 3.63) is 0 Å². The predicted octanol–water partition coefficient (Wildman–Crippen LogP) is 1.66. The zero-order chi connectivity index (χ0) is 92.7. The van der Waals surface area contributed by atoms with E-state index >= 15 is 0 Å². The Bertz CT molecular complexity index is 8780. The predicted molar refractivity (Wildman–Crippen MR) is 826 cm³/mol. The van der Waals surface area contributed by atoms with Gasteiger partial charge in [-0.3, -0.25) is 0 Å². The van der Waals surface area contributed by atoms with Crippen molar-refractivity contribution >= 4 is 1030 Å². The minimum absolute atomic E-state index is 0.700. The van der Waals surface area contributed by atoms with E-state index in [1.54, 1.807) is 21.2 Å². The normalized spacial score (nSPS) is 17.0. The van der Waals surface area contributed by atoms with Crippen LogP contribution >= 0.6 is 42.7 Å². The van der Waals surface area contributed by atoms with Crippen molar-refractivity contribution in [1.82, 2.24) is 0 Å². The summed E-state index contributed by atoms with van der Waals surface area (Å²) in [6.07, 6.45) is 0. The van der Waals surface area contributed by atoms with Gasteiger partial charge in [0, 0.05) is 207 Å². The quantitative estimate of drug-likeness (QED) is 0.0419. The summed E-state index contributed by atoms with van der Waals surface area (Å²) in [6.45, 7) is 0. The first-order valence-corrected chi connectivity index (χ1v) is 167. The molecule has 0 aromatic heterocycles. The van der Waals surface area contributed by atoms with E-state index in [1.807, 2.05) is 0 Å². The molecule has 0 aliphatic rings. The molecule has 111 heavy (non-hydrogen) atoms. The van der Waals surface area contributed by atoms with Crippen molar-refractivity contribution in [2.24, 2.45) is 0 Å². The van der Waals surface area contributed by atoms with Crippen molar-refractivity contribution in [3.63, 3.8) is 0 Å². The Labute approximate surface area is 1000 Å². The topological polar surface area (TPSA) is 0 Å². The summed E-state index contributed by atoms with van der Waals surface area (Å²) in [5.41, 5.74) is 0. The highest BCUT2D eigenvalue weighted by Gasteiger charge is 2.51. The summed E-state index contributed by atoms with van der Waals surface area (Å²) in [5, 5.41) is -140. The molecule has 111 heteroatoms. The van der Waals surface area contributed by atoms with Crippen LogP contribution < -0.4 is 0 Å². The van der Waals surface area contributed by atoms with Gasteiger partial charge in [-0.15, -0.1) is 0 Å².